The monoisotopic (exact) mass is 285 g/mol. The van der Waals surface area contributed by atoms with E-state index in [9.17, 15) is 9.18 Å². The van der Waals surface area contributed by atoms with Crippen LogP contribution in [0, 0.1) is 5.82 Å². The summed E-state index contributed by atoms with van der Waals surface area (Å²) in [6.07, 6.45) is 0. The Morgan fingerprint density at radius 1 is 1.15 bits per heavy atom. The molecule has 0 aliphatic heterocycles. The van der Waals surface area contributed by atoms with Crippen LogP contribution in [0.15, 0.2) is 48.5 Å². The molecule has 0 bridgehead atoms. The van der Waals surface area contributed by atoms with Gasteiger partial charge in [-0.1, -0.05) is 24.3 Å². The van der Waals surface area contributed by atoms with Crippen molar-refractivity contribution < 1.29 is 9.18 Å². The average molecular weight is 285 g/mol. The molecule has 0 spiro atoms. The highest BCUT2D eigenvalue weighted by atomic mass is 32.1. The van der Waals surface area contributed by atoms with E-state index in [2.05, 4.69) is 5.32 Å². The third-order valence-corrected chi connectivity index (χ3v) is 4.27. The molecule has 2 nitrogen and oxygen atoms in total. The number of hydrogen-bond acceptors (Lipinski definition) is 2. The number of carbonyl (C=O) groups is 1. The van der Waals surface area contributed by atoms with Crippen molar-refractivity contribution in [2.75, 3.05) is 7.05 Å². The van der Waals surface area contributed by atoms with Crippen LogP contribution in [0.5, 0.6) is 0 Å². The molecule has 0 fully saturated rings. The molecule has 1 N–H and O–H groups in total. The summed E-state index contributed by atoms with van der Waals surface area (Å²) in [6.45, 7) is 0. The average Bonchev–Trinajstić information content (AvgIpc) is 2.91. The first-order valence-corrected chi connectivity index (χ1v) is 7.01. The molecular weight excluding hydrogens is 273 g/mol. The van der Waals surface area contributed by atoms with Gasteiger partial charge in [0.05, 0.1) is 4.88 Å². The second-order valence-corrected chi connectivity index (χ2v) is 5.50. The van der Waals surface area contributed by atoms with Crippen molar-refractivity contribution in [3.8, 4) is 11.1 Å². The van der Waals surface area contributed by atoms with Gasteiger partial charge in [0.2, 0.25) is 0 Å². The molecule has 1 aromatic heterocycles. The fourth-order valence-corrected chi connectivity index (χ4v) is 3.21. The lowest BCUT2D eigenvalue weighted by molar-refractivity contribution is 0.0967. The summed E-state index contributed by atoms with van der Waals surface area (Å²) >= 11 is 1.46. The molecule has 0 atom stereocenters. The van der Waals surface area contributed by atoms with Crippen molar-refractivity contribution in [2.45, 2.75) is 0 Å². The highest BCUT2D eigenvalue weighted by Crippen LogP contribution is 2.34. The first kappa shape index (κ1) is 12.8. The van der Waals surface area contributed by atoms with E-state index in [-0.39, 0.29) is 11.7 Å². The van der Waals surface area contributed by atoms with Gasteiger partial charge in [-0.05, 0) is 35.4 Å². The highest BCUT2D eigenvalue weighted by molar-refractivity contribution is 7.20. The maximum atomic E-state index is 13.0. The SMILES string of the molecule is CNC(=O)c1cc2c(-c3ccc(F)cc3)cccc2s1. The van der Waals surface area contributed by atoms with Crippen molar-refractivity contribution >= 4 is 27.3 Å². The third-order valence-electron chi connectivity index (χ3n) is 3.17. The van der Waals surface area contributed by atoms with Crippen LogP contribution < -0.4 is 5.32 Å². The maximum Gasteiger partial charge on any atom is 0.261 e. The Bertz CT molecular complexity index is 777. The fourth-order valence-electron chi connectivity index (χ4n) is 2.18. The minimum absolute atomic E-state index is 0.0868. The predicted octanol–water partition coefficient (Wildman–Crippen LogP) is 4.07. The molecular formula is C16H12FNOS. The number of thiophene rings is 1. The quantitative estimate of drug-likeness (QED) is 0.755. The van der Waals surface area contributed by atoms with E-state index >= 15 is 0 Å². The van der Waals surface area contributed by atoms with Gasteiger partial charge in [-0.3, -0.25) is 4.79 Å². The Morgan fingerprint density at radius 3 is 2.60 bits per heavy atom. The molecule has 0 radical (unpaired) electrons. The van der Waals surface area contributed by atoms with Gasteiger partial charge in [0.1, 0.15) is 5.82 Å². The fraction of sp³-hybridized carbons (Fsp3) is 0.0625. The van der Waals surface area contributed by atoms with Gasteiger partial charge < -0.3 is 5.32 Å². The second kappa shape index (κ2) is 5.06. The van der Waals surface area contributed by atoms with E-state index in [1.165, 1.54) is 23.5 Å². The van der Waals surface area contributed by atoms with Crippen LogP contribution in [0.3, 0.4) is 0 Å². The van der Waals surface area contributed by atoms with Gasteiger partial charge in [-0.15, -0.1) is 11.3 Å². The molecule has 1 amide bonds. The van der Waals surface area contributed by atoms with Crippen molar-refractivity contribution in [3.05, 3.63) is 59.2 Å². The standard InChI is InChI=1S/C16H12FNOS/c1-18-16(19)15-9-13-12(3-2-4-14(13)20-15)10-5-7-11(17)8-6-10/h2-9H,1H3,(H,18,19). The molecule has 2 aromatic carbocycles. The summed E-state index contributed by atoms with van der Waals surface area (Å²) in [5.74, 6) is -0.339. The largest absolute Gasteiger partial charge is 0.354 e. The molecule has 1 heterocycles. The summed E-state index contributed by atoms with van der Waals surface area (Å²) in [6, 6.07) is 14.2. The summed E-state index contributed by atoms with van der Waals surface area (Å²) in [4.78, 5) is 12.4. The number of nitrogens with one attached hydrogen (secondary N) is 1. The van der Waals surface area contributed by atoms with Crippen LogP contribution in [0.25, 0.3) is 21.2 Å². The molecule has 20 heavy (non-hydrogen) atoms. The van der Waals surface area contributed by atoms with E-state index in [0.29, 0.717) is 4.88 Å². The number of carbonyl (C=O) groups excluding carboxylic acids is 1. The van der Waals surface area contributed by atoms with E-state index in [1.54, 1.807) is 19.2 Å². The van der Waals surface area contributed by atoms with Crippen molar-refractivity contribution in [2.24, 2.45) is 0 Å². The lowest BCUT2D eigenvalue weighted by atomic mass is 10.0. The Morgan fingerprint density at radius 2 is 1.90 bits per heavy atom. The van der Waals surface area contributed by atoms with Gasteiger partial charge in [-0.25, -0.2) is 4.39 Å². The number of fused-ring (bicyclic) bond motifs is 1. The van der Waals surface area contributed by atoms with Gasteiger partial charge in [0.15, 0.2) is 0 Å². The van der Waals surface area contributed by atoms with Crippen LogP contribution >= 0.6 is 11.3 Å². The van der Waals surface area contributed by atoms with Gasteiger partial charge in [0, 0.05) is 17.1 Å². The van der Waals surface area contributed by atoms with Crippen LogP contribution in [-0.4, -0.2) is 13.0 Å². The molecule has 0 aliphatic rings. The highest BCUT2D eigenvalue weighted by Gasteiger charge is 2.11. The second-order valence-electron chi connectivity index (χ2n) is 4.41. The van der Waals surface area contributed by atoms with Crippen LogP contribution in [0.2, 0.25) is 0 Å². The molecule has 3 rings (SSSR count). The van der Waals surface area contributed by atoms with E-state index in [0.717, 1.165) is 21.2 Å². The Labute approximate surface area is 119 Å². The molecule has 3 aromatic rings. The van der Waals surface area contributed by atoms with Crippen molar-refractivity contribution in [1.29, 1.82) is 0 Å². The number of rotatable bonds is 2. The van der Waals surface area contributed by atoms with Gasteiger partial charge in [-0.2, -0.15) is 0 Å². The number of hydrogen-bond donors (Lipinski definition) is 1. The van der Waals surface area contributed by atoms with Crippen LogP contribution in [-0.2, 0) is 0 Å². The summed E-state index contributed by atoms with van der Waals surface area (Å²) in [7, 11) is 1.62. The maximum absolute atomic E-state index is 13.0. The first-order valence-electron chi connectivity index (χ1n) is 6.19. The zero-order valence-corrected chi connectivity index (χ0v) is 11.6. The summed E-state index contributed by atoms with van der Waals surface area (Å²) in [5.41, 5.74) is 1.95. The molecule has 0 aliphatic carbocycles. The molecule has 0 saturated heterocycles. The lowest BCUT2D eigenvalue weighted by Gasteiger charge is -2.03. The van der Waals surface area contributed by atoms with Crippen molar-refractivity contribution in [3.63, 3.8) is 0 Å². The topological polar surface area (TPSA) is 29.1 Å². The summed E-state index contributed by atoms with van der Waals surface area (Å²) in [5, 5.41) is 3.65. The molecule has 0 saturated carbocycles. The first-order chi connectivity index (χ1) is 9.69. The number of halogens is 1. The molecule has 0 unspecified atom stereocenters. The summed E-state index contributed by atoms with van der Waals surface area (Å²) < 4.78 is 14.1. The number of amides is 1. The van der Waals surface area contributed by atoms with E-state index in [4.69, 9.17) is 0 Å². The normalized spacial score (nSPS) is 10.7. The molecule has 100 valence electrons. The minimum atomic E-state index is -0.253. The molecule has 4 heteroatoms. The Balaban J connectivity index is 2.18. The third kappa shape index (κ3) is 2.18. The van der Waals surface area contributed by atoms with Crippen LogP contribution in [0.4, 0.5) is 4.39 Å². The van der Waals surface area contributed by atoms with E-state index < -0.39 is 0 Å². The number of benzene rings is 2. The zero-order chi connectivity index (χ0) is 14.1. The Hall–Kier alpha value is -2.20. The van der Waals surface area contributed by atoms with E-state index in [1.807, 2.05) is 24.3 Å². The smallest absolute Gasteiger partial charge is 0.261 e. The lowest BCUT2D eigenvalue weighted by Crippen LogP contribution is -2.15. The minimum Gasteiger partial charge on any atom is -0.354 e. The zero-order valence-electron chi connectivity index (χ0n) is 10.8. The van der Waals surface area contributed by atoms with Gasteiger partial charge >= 0.3 is 0 Å². The Kier molecular flexibility index (Phi) is 3.24. The van der Waals surface area contributed by atoms with Crippen LogP contribution in [0.1, 0.15) is 9.67 Å². The van der Waals surface area contributed by atoms with Gasteiger partial charge in [0.25, 0.3) is 5.91 Å². The van der Waals surface area contributed by atoms with Crippen molar-refractivity contribution in [1.82, 2.24) is 5.32 Å². The predicted molar refractivity (Wildman–Crippen MR) is 80.6 cm³/mol.